The molecule has 0 aliphatic carbocycles. The Labute approximate surface area is 188 Å². The highest BCUT2D eigenvalue weighted by molar-refractivity contribution is 6.33. The van der Waals surface area contributed by atoms with Gasteiger partial charge >= 0.3 is 12.1 Å². The molecule has 1 aliphatic rings. The molecule has 1 amide bonds. The summed E-state index contributed by atoms with van der Waals surface area (Å²) in [5.41, 5.74) is -1.96. The van der Waals surface area contributed by atoms with E-state index in [1.54, 1.807) is 0 Å². The van der Waals surface area contributed by atoms with Crippen molar-refractivity contribution in [1.82, 2.24) is 4.98 Å². The van der Waals surface area contributed by atoms with Gasteiger partial charge in [0.1, 0.15) is 17.7 Å². The van der Waals surface area contributed by atoms with Gasteiger partial charge in [-0.15, -0.1) is 0 Å². The van der Waals surface area contributed by atoms with Gasteiger partial charge in [-0.3, -0.25) is 14.9 Å². The van der Waals surface area contributed by atoms with Crippen molar-refractivity contribution in [3.8, 4) is 0 Å². The molecule has 33 heavy (non-hydrogen) atoms. The fourth-order valence-corrected chi connectivity index (χ4v) is 3.48. The maximum Gasteiger partial charge on any atom is 0.417 e. The molecule has 0 spiro atoms. The summed E-state index contributed by atoms with van der Waals surface area (Å²) in [6, 6.07) is 2.28. The van der Waals surface area contributed by atoms with Crippen LogP contribution in [-0.2, 0) is 20.5 Å². The Morgan fingerprint density at radius 1 is 1.33 bits per heavy atom. The Bertz CT molecular complexity index is 1100. The van der Waals surface area contributed by atoms with Crippen molar-refractivity contribution in [3.63, 3.8) is 0 Å². The van der Waals surface area contributed by atoms with Crippen LogP contribution in [0, 0.1) is 15.9 Å². The molecule has 1 fully saturated rings. The minimum absolute atomic E-state index is 0.0350. The first kappa shape index (κ1) is 24.2. The molecule has 2 heterocycles. The van der Waals surface area contributed by atoms with Gasteiger partial charge in [0.05, 0.1) is 21.2 Å². The number of rotatable bonds is 6. The number of hydrogen-bond donors (Lipinski definition) is 1. The monoisotopic (exact) mass is 490 g/mol. The van der Waals surface area contributed by atoms with Gasteiger partial charge in [-0.05, 0) is 25.0 Å². The van der Waals surface area contributed by atoms with Crippen LogP contribution in [0.5, 0.6) is 0 Å². The highest BCUT2D eigenvalue weighted by atomic mass is 35.5. The summed E-state index contributed by atoms with van der Waals surface area (Å²) in [5, 5.41) is 12.5. The highest BCUT2D eigenvalue weighted by Gasteiger charge is 2.36. The van der Waals surface area contributed by atoms with Crippen molar-refractivity contribution in [2.24, 2.45) is 0 Å². The molecular formula is C19H15ClF4N4O5. The van der Waals surface area contributed by atoms with E-state index >= 15 is 0 Å². The Morgan fingerprint density at radius 3 is 2.70 bits per heavy atom. The molecule has 1 atom stereocenters. The second-order valence-corrected chi connectivity index (χ2v) is 7.36. The molecule has 1 N–H and O–H groups in total. The number of carbonyl (C=O) groups excluding carboxylic acids is 2. The van der Waals surface area contributed by atoms with Gasteiger partial charge in [0.15, 0.2) is 6.61 Å². The van der Waals surface area contributed by atoms with Gasteiger partial charge in [0.2, 0.25) is 0 Å². The SMILES string of the molecule is O=C(COC(=O)C1CCCN1c1ncc(C(F)(F)F)cc1Cl)Nc1cc([N+](=O)[O-])ccc1F. The summed E-state index contributed by atoms with van der Waals surface area (Å²) >= 11 is 5.95. The molecule has 1 aliphatic heterocycles. The number of nitro benzene ring substituents is 1. The normalized spacial score (nSPS) is 15.9. The molecule has 1 saturated heterocycles. The van der Waals surface area contributed by atoms with E-state index in [2.05, 4.69) is 10.3 Å². The van der Waals surface area contributed by atoms with Crippen LogP contribution in [-0.4, -0.2) is 41.0 Å². The van der Waals surface area contributed by atoms with Crippen LogP contribution in [0.3, 0.4) is 0 Å². The molecular weight excluding hydrogens is 476 g/mol. The standard InChI is InChI=1S/C19H15ClF4N4O5/c20-12-6-10(19(22,23)24)8-25-17(12)27-5-1-2-15(27)18(30)33-9-16(29)26-14-7-11(28(31)32)3-4-13(14)21/h3-4,6-8,15H,1-2,5,9H2,(H,26,29). The number of carbonyl (C=O) groups is 2. The third-order valence-corrected chi connectivity index (χ3v) is 5.00. The molecule has 14 heteroatoms. The van der Waals surface area contributed by atoms with Gasteiger partial charge in [-0.25, -0.2) is 14.2 Å². The van der Waals surface area contributed by atoms with E-state index in [0.29, 0.717) is 18.7 Å². The maximum atomic E-state index is 13.8. The van der Waals surface area contributed by atoms with Crippen LogP contribution in [0.4, 0.5) is 34.8 Å². The van der Waals surface area contributed by atoms with E-state index in [-0.39, 0.29) is 23.8 Å². The Kier molecular flexibility index (Phi) is 7.01. The van der Waals surface area contributed by atoms with Gasteiger partial charge in [-0.1, -0.05) is 11.6 Å². The molecule has 0 bridgehead atoms. The molecule has 0 saturated carbocycles. The van der Waals surface area contributed by atoms with Crippen LogP contribution in [0.2, 0.25) is 5.02 Å². The van der Waals surface area contributed by atoms with Crippen molar-refractivity contribution in [2.45, 2.75) is 25.1 Å². The van der Waals surface area contributed by atoms with E-state index in [1.807, 2.05) is 0 Å². The lowest BCUT2D eigenvalue weighted by atomic mass is 10.2. The first-order valence-corrected chi connectivity index (χ1v) is 9.75. The zero-order chi connectivity index (χ0) is 24.3. The number of aromatic nitrogens is 1. The number of ether oxygens (including phenoxy) is 1. The lowest BCUT2D eigenvalue weighted by Gasteiger charge is -2.25. The number of nitrogens with zero attached hydrogens (tertiary/aromatic N) is 3. The number of anilines is 2. The van der Waals surface area contributed by atoms with Crippen molar-refractivity contribution in [2.75, 3.05) is 23.4 Å². The number of esters is 1. The molecule has 1 aromatic carbocycles. The molecule has 1 unspecified atom stereocenters. The van der Waals surface area contributed by atoms with Crippen molar-refractivity contribution >= 4 is 40.7 Å². The van der Waals surface area contributed by atoms with Gasteiger partial charge in [-0.2, -0.15) is 13.2 Å². The summed E-state index contributed by atoms with van der Waals surface area (Å²) in [5.74, 6) is -2.77. The zero-order valence-corrected chi connectivity index (χ0v) is 17.3. The smallest absolute Gasteiger partial charge is 0.417 e. The number of nitrogens with one attached hydrogen (secondary N) is 1. The molecule has 2 aromatic rings. The molecule has 1 aromatic heterocycles. The Hall–Kier alpha value is -3.48. The number of amides is 1. The summed E-state index contributed by atoms with van der Waals surface area (Å²) < 4.78 is 57.2. The van der Waals surface area contributed by atoms with E-state index in [4.69, 9.17) is 16.3 Å². The number of alkyl halides is 3. The third kappa shape index (κ3) is 5.66. The molecule has 176 valence electrons. The fraction of sp³-hybridized carbons (Fsp3) is 0.316. The van der Waals surface area contributed by atoms with E-state index < -0.39 is 58.4 Å². The number of halogens is 5. The molecule has 3 rings (SSSR count). The van der Waals surface area contributed by atoms with E-state index in [0.717, 1.165) is 18.2 Å². The minimum atomic E-state index is -4.63. The van der Waals surface area contributed by atoms with Crippen molar-refractivity contribution in [1.29, 1.82) is 0 Å². The van der Waals surface area contributed by atoms with Crippen molar-refractivity contribution in [3.05, 3.63) is 57.0 Å². The third-order valence-electron chi connectivity index (χ3n) is 4.73. The molecule has 9 nitrogen and oxygen atoms in total. The second kappa shape index (κ2) is 9.57. The maximum absolute atomic E-state index is 13.8. The topological polar surface area (TPSA) is 115 Å². The summed E-state index contributed by atoms with van der Waals surface area (Å²) in [6.45, 7) is -0.553. The van der Waals surface area contributed by atoms with E-state index in [1.165, 1.54) is 4.90 Å². The van der Waals surface area contributed by atoms with Crippen LogP contribution in [0.1, 0.15) is 18.4 Å². The second-order valence-electron chi connectivity index (χ2n) is 6.96. The average molecular weight is 491 g/mol. The predicted molar refractivity (Wildman–Crippen MR) is 107 cm³/mol. The Balaban J connectivity index is 1.64. The number of pyridine rings is 1. The van der Waals surface area contributed by atoms with Crippen LogP contribution >= 0.6 is 11.6 Å². The lowest BCUT2D eigenvalue weighted by molar-refractivity contribution is -0.384. The quantitative estimate of drug-likeness (QED) is 0.282. The number of nitro groups is 1. The first-order chi connectivity index (χ1) is 15.5. The summed E-state index contributed by atoms with van der Waals surface area (Å²) in [4.78, 5) is 39.6. The van der Waals surface area contributed by atoms with Crippen LogP contribution in [0.25, 0.3) is 0 Å². The fourth-order valence-electron chi connectivity index (χ4n) is 3.20. The van der Waals surface area contributed by atoms with Crippen molar-refractivity contribution < 1.29 is 36.8 Å². The lowest BCUT2D eigenvalue weighted by Crippen LogP contribution is -2.39. The number of benzene rings is 1. The van der Waals surface area contributed by atoms with Crippen LogP contribution < -0.4 is 10.2 Å². The summed E-state index contributed by atoms with van der Waals surface area (Å²) in [6.07, 6.45) is -3.27. The predicted octanol–water partition coefficient (Wildman–Crippen LogP) is 3.95. The highest BCUT2D eigenvalue weighted by Crippen LogP contribution is 2.35. The van der Waals surface area contributed by atoms with Gasteiger partial charge < -0.3 is 15.0 Å². The van der Waals surface area contributed by atoms with Gasteiger partial charge in [0.25, 0.3) is 11.6 Å². The Morgan fingerprint density at radius 2 is 2.06 bits per heavy atom. The number of non-ortho nitro benzene ring substituents is 1. The van der Waals surface area contributed by atoms with Gasteiger partial charge in [0, 0.05) is 24.9 Å². The molecule has 0 radical (unpaired) electrons. The number of hydrogen-bond acceptors (Lipinski definition) is 7. The first-order valence-electron chi connectivity index (χ1n) is 9.37. The van der Waals surface area contributed by atoms with E-state index in [9.17, 15) is 37.3 Å². The van der Waals surface area contributed by atoms with Crippen LogP contribution in [0.15, 0.2) is 30.5 Å². The largest absolute Gasteiger partial charge is 0.454 e. The summed E-state index contributed by atoms with van der Waals surface area (Å²) in [7, 11) is 0. The zero-order valence-electron chi connectivity index (χ0n) is 16.6. The minimum Gasteiger partial charge on any atom is -0.454 e. The average Bonchev–Trinajstić information content (AvgIpc) is 3.22.